The Hall–Kier alpha value is -5.08. The Morgan fingerprint density at radius 3 is 1.74 bits per heavy atom. The van der Waals surface area contributed by atoms with Gasteiger partial charge in [-0.25, -0.2) is 0 Å². The van der Waals surface area contributed by atoms with Gasteiger partial charge in [-0.15, -0.1) is 0 Å². The van der Waals surface area contributed by atoms with Gasteiger partial charge in [-0.3, -0.25) is 0 Å². The normalized spacial score (nSPS) is 13.8. The summed E-state index contributed by atoms with van der Waals surface area (Å²) in [5, 5.41) is 2.49. The smallest absolute Gasteiger partial charge is 0.0742 e. The summed E-state index contributed by atoms with van der Waals surface area (Å²) < 4.78 is 0. The van der Waals surface area contributed by atoms with Crippen molar-refractivity contribution in [3.05, 3.63) is 174 Å². The van der Waals surface area contributed by atoms with Gasteiger partial charge in [0.2, 0.25) is 0 Å². The molecule has 0 unspecified atom stereocenters. The summed E-state index contributed by atoms with van der Waals surface area (Å²) in [6.45, 7) is 0. The van der Waals surface area contributed by atoms with Crippen LogP contribution in [-0.2, 0) is 5.41 Å². The van der Waals surface area contributed by atoms with Crippen LogP contribution in [-0.4, -0.2) is 4.98 Å². The third kappa shape index (κ3) is 3.09. The van der Waals surface area contributed by atoms with Gasteiger partial charge in [0, 0.05) is 27.5 Å². The summed E-state index contributed by atoms with van der Waals surface area (Å²) in [7, 11) is 0. The van der Waals surface area contributed by atoms with Crippen LogP contribution in [0.25, 0.3) is 21.8 Å². The molecule has 2 nitrogen and oxygen atoms in total. The minimum absolute atomic E-state index is 0.494. The first kappa shape index (κ1) is 22.0. The van der Waals surface area contributed by atoms with E-state index in [9.17, 15) is 0 Å². The van der Waals surface area contributed by atoms with Crippen molar-refractivity contribution < 1.29 is 0 Å². The Labute approximate surface area is 227 Å². The van der Waals surface area contributed by atoms with E-state index in [2.05, 4.69) is 162 Å². The molecule has 2 heteroatoms. The molecular weight excluding hydrogens is 472 g/mol. The van der Waals surface area contributed by atoms with Crippen LogP contribution in [0, 0.1) is 0 Å². The van der Waals surface area contributed by atoms with Crippen molar-refractivity contribution in [2.24, 2.45) is 0 Å². The van der Waals surface area contributed by atoms with Crippen molar-refractivity contribution >= 4 is 38.9 Å². The van der Waals surface area contributed by atoms with Crippen LogP contribution in [0.15, 0.2) is 152 Å². The Morgan fingerprint density at radius 1 is 0.436 bits per heavy atom. The minimum Gasteiger partial charge on any atom is -0.354 e. The predicted molar refractivity (Wildman–Crippen MR) is 162 cm³/mol. The molecule has 0 amide bonds. The van der Waals surface area contributed by atoms with Crippen molar-refractivity contribution in [3.63, 3.8) is 0 Å². The number of para-hydroxylation sites is 3. The van der Waals surface area contributed by atoms with Crippen molar-refractivity contribution in [1.29, 1.82) is 0 Å². The fourth-order valence-electron chi connectivity index (χ4n) is 6.65. The first-order chi connectivity index (χ1) is 19.4. The van der Waals surface area contributed by atoms with Gasteiger partial charge < -0.3 is 9.88 Å². The highest BCUT2D eigenvalue weighted by molar-refractivity contribution is 6.10. The maximum Gasteiger partial charge on any atom is 0.0742 e. The number of hydrogen-bond acceptors (Lipinski definition) is 1. The van der Waals surface area contributed by atoms with Crippen molar-refractivity contribution in [2.75, 3.05) is 4.90 Å². The highest BCUT2D eigenvalue weighted by Gasteiger charge is 2.46. The molecule has 0 saturated heterocycles. The van der Waals surface area contributed by atoms with Crippen LogP contribution >= 0.6 is 0 Å². The van der Waals surface area contributed by atoms with Gasteiger partial charge >= 0.3 is 0 Å². The minimum atomic E-state index is -0.494. The highest BCUT2D eigenvalue weighted by Crippen LogP contribution is 2.58. The lowest BCUT2D eigenvalue weighted by molar-refractivity contribution is 0.732. The highest BCUT2D eigenvalue weighted by atomic mass is 15.2. The van der Waals surface area contributed by atoms with E-state index < -0.39 is 5.41 Å². The first-order valence-corrected chi connectivity index (χ1v) is 13.5. The number of aromatic amines is 1. The van der Waals surface area contributed by atoms with Crippen molar-refractivity contribution in [3.8, 4) is 0 Å². The molecule has 6 aromatic carbocycles. The molecule has 39 heavy (non-hydrogen) atoms. The maximum absolute atomic E-state index is 3.70. The summed E-state index contributed by atoms with van der Waals surface area (Å²) >= 11 is 0. The third-order valence-corrected chi connectivity index (χ3v) is 8.24. The summed E-state index contributed by atoms with van der Waals surface area (Å²) in [4.78, 5) is 6.13. The zero-order chi connectivity index (χ0) is 25.8. The molecule has 0 atom stereocenters. The second-order valence-corrected chi connectivity index (χ2v) is 10.3. The Kier molecular flexibility index (Phi) is 4.77. The lowest BCUT2D eigenvalue weighted by Gasteiger charge is -2.46. The lowest BCUT2D eigenvalue weighted by Crippen LogP contribution is -2.37. The van der Waals surface area contributed by atoms with Crippen molar-refractivity contribution in [1.82, 2.24) is 4.98 Å². The van der Waals surface area contributed by atoms with Gasteiger partial charge in [-0.1, -0.05) is 115 Å². The van der Waals surface area contributed by atoms with Crippen LogP contribution < -0.4 is 4.90 Å². The van der Waals surface area contributed by atoms with Gasteiger partial charge in [0.25, 0.3) is 0 Å². The standard InChI is InChI=1S/C37H26N2/c1-4-14-26(15-5-1)37(27-16-6-2-7-17-27)31-21-11-13-23-35(31)39(28-18-8-3-9-19-28)36-25-34-30(24-32(36)37)29-20-10-12-22-33(29)38-34/h1-25,38H. The van der Waals surface area contributed by atoms with E-state index in [0.717, 1.165) is 16.7 Å². The van der Waals surface area contributed by atoms with E-state index in [4.69, 9.17) is 0 Å². The average molecular weight is 499 g/mol. The zero-order valence-corrected chi connectivity index (χ0v) is 21.4. The number of aromatic nitrogens is 1. The first-order valence-electron chi connectivity index (χ1n) is 13.5. The van der Waals surface area contributed by atoms with Crippen molar-refractivity contribution in [2.45, 2.75) is 5.41 Å². The number of nitrogens with zero attached hydrogens (tertiary/aromatic N) is 1. The van der Waals surface area contributed by atoms with Crippen LogP contribution in [0.5, 0.6) is 0 Å². The van der Waals surface area contributed by atoms with E-state index in [1.807, 2.05) is 0 Å². The molecule has 0 bridgehead atoms. The SMILES string of the molecule is c1ccc(N2c3ccccc3C(c3ccccc3)(c3ccccc3)c3cc4c(cc32)[nH]c2ccccc24)cc1. The molecule has 8 rings (SSSR count). The number of hydrogen-bond donors (Lipinski definition) is 1. The number of H-pyrrole nitrogens is 1. The summed E-state index contributed by atoms with van der Waals surface area (Å²) in [6, 6.07) is 55.0. The van der Waals surface area contributed by atoms with E-state index in [1.165, 1.54) is 44.4 Å². The van der Waals surface area contributed by atoms with E-state index in [1.54, 1.807) is 0 Å². The topological polar surface area (TPSA) is 19.0 Å². The number of fused-ring (bicyclic) bond motifs is 5. The Balaban J connectivity index is 1.60. The molecule has 2 heterocycles. The Bertz CT molecular complexity index is 1910. The molecule has 1 N–H and O–H groups in total. The molecule has 1 aromatic heterocycles. The fraction of sp³-hybridized carbons (Fsp3) is 0.0270. The van der Waals surface area contributed by atoms with Crippen LogP contribution in [0.1, 0.15) is 22.3 Å². The summed E-state index contributed by atoms with van der Waals surface area (Å²) in [5.41, 5.74) is 10.4. The molecule has 0 spiro atoms. The lowest BCUT2D eigenvalue weighted by atomic mass is 9.62. The molecule has 184 valence electrons. The monoisotopic (exact) mass is 498 g/mol. The van der Waals surface area contributed by atoms with Crippen LogP contribution in [0.3, 0.4) is 0 Å². The molecule has 0 radical (unpaired) electrons. The van der Waals surface area contributed by atoms with Gasteiger partial charge in [-0.05, 0) is 58.7 Å². The number of nitrogens with one attached hydrogen (secondary N) is 1. The zero-order valence-electron chi connectivity index (χ0n) is 21.4. The average Bonchev–Trinajstić information content (AvgIpc) is 3.38. The molecule has 7 aromatic rings. The van der Waals surface area contributed by atoms with Gasteiger partial charge in [-0.2, -0.15) is 0 Å². The summed E-state index contributed by atoms with van der Waals surface area (Å²) in [6.07, 6.45) is 0. The molecular formula is C37H26N2. The quantitative estimate of drug-likeness (QED) is 0.257. The van der Waals surface area contributed by atoms with Crippen LogP contribution in [0.2, 0.25) is 0 Å². The van der Waals surface area contributed by atoms with Gasteiger partial charge in [0.1, 0.15) is 0 Å². The van der Waals surface area contributed by atoms with E-state index in [-0.39, 0.29) is 0 Å². The largest absolute Gasteiger partial charge is 0.354 e. The van der Waals surface area contributed by atoms with Gasteiger partial charge in [0.15, 0.2) is 0 Å². The predicted octanol–water partition coefficient (Wildman–Crippen LogP) is 9.49. The molecule has 0 aliphatic carbocycles. The third-order valence-electron chi connectivity index (χ3n) is 8.24. The number of rotatable bonds is 3. The molecule has 0 saturated carbocycles. The van der Waals surface area contributed by atoms with E-state index >= 15 is 0 Å². The fourth-order valence-corrected chi connectivity index (χ4v) is 6.65. The van der Waals surface area contributed by atoms with Crippen LogP contribution in [0.4, 0.5) is 17.1 Å². The van der Waals surface area contributed by atoms with Gasteiger partial charge in [0.05, 0.1) is 16.8 Å². The molecule has 1 aliphatic heterocycles. The Morgan fingerprint density at radius 2 is 1.03 bits per heavy atom. The second kappa shape index (κ2) is 8.47. The number of benzene rings is 6. The molecule has 1 aliphatic rings. The number of anilines is 3. The molecule has 0 fully saturated rings. The maximum atomic E-state index is 3.70. The van der Waals surface area contributed by atoms with E-state index in [0.29, 0.717) is 0 Å². The second-order valence-electron chi connectivity index (χ2n) is 10.3. The summed E-state index contributed by atoms with van der Waals surface area (Å²) in [5.74, 6) is 0.